The quantitative estimate of drug-likeness (QED) is 0.657. The van der Waals surface area contributed by atoms with Crippen molar-refractivity contribution in [3.63, 3.8) is 0 Å². The van der Waals surface area contributed by atoms with Crippen molar-refractivity contribution in [1.29, 1.82) is 0 Å². The van der Waals surface area contributed by atoms with Crippen LogP contribution in [0.5, 0.6) is 11.6 Å². The van der Waals surface area contributed by atoms with Crippen LogP contribution in [-0.4, -0.2) is 28.0 Å². The van der Waals surface area contributed by atoms with E-state index >= 15 is 0 Å². The number of carboxylic acid groups (broad SMARTS) is 1. The van der Waals surface area contributed by atoms with Gasteiger partial charge in [-0.05, 0) is 34.6 Å². The topological polar surface area (TPSA) is 88.5 Å². The maximum atomic E-state index is 12.4. The zero-order chi connectivity index (χ0) is 22.5. The highest BCUT2D eigenvalue weighted by Gasteiger charge is 2.19. The summed E-state index contributed by atoms with van der Waals surface area (Å²) in [5.74, 6) is -0.659. The van der Waals surface area contributed by atoms with Crippen LogP contribution in [-0.2, 0) is 10.2 Å². The molecule has 1 amide bonds. The van der Waals surface area contributed by atoms with Crippen LogP contribution in [0.4, 0.5) is 0 Å². The Labute approximate surface area is 178 Å². The number of carbonyl (C=O) groups is 2. The van der Waals surface area contributed by atoms with Crippen molar-refractivity contribution in [1.82, 2.24) is 10.3 Å². The zero-order valence-electron chi connectivity index (χ0n) is 18.4. The molecule has 1 aromatic heterocycles. The predicted octanol–water partition coefficient (Wildman–Crippen LogP) is 4.96. The Morgan fingerprint density at radius 2 is 1.67 bits per heavy atom. The first-order valence-corrected chi connectivity index (χ1v) is 9.83. The van der Waals surface area contributed by atoms with Crippen molar-refractivity contribution in [2.45, 2.75) is 53.0 Å². The fourth-order valence-corrected chi connectivity index (χ4v) is 2.52. The molecule has 0 fully saturated rings. The molecule has 1 heterocycles. The third-order valence-electron chi connectivity index (χ3n) is 4.28. The molecule has 2 rings (SSSR count). The van der Waals surface area contributed by atoms with Gasteiger partial charge in [-0.2, -0.15) is 0 Å². The molecule has 0 spiro atoms. The van der Waals surface area contributed by atoms with E-state index in [2.05, 4.69) is 31.1 Å². The van der Waals surface area contributed by atoms with Crippen molar-refractivity contribution in [3.8, 4) is 11.6 Å². The molecule has 30 heavy (non-hydrogen) atoms. The molecule has 6 nitrogen and oxygen atoms in total. The first-order chi connectivity index (χ1) is 13.8. The van der Waals surface area contributed by atoms with E-state index in [0.717, 1.165) is 0 Å². The van der Waals surface area contributed by atoms with Crippen molar-refractivity contribution in [3.05, 3.63) is 65.9 Å². The van der Waals surface area contributed by atoms with Crippen LogP contribution in [0.25, 0.3) is 0 Å². The van der Waals surface area contributed by atoms with Gasteiger partial charge in [-0.25, -0.2) is 9.78 Å². The Balaban J connectivity index is 2.04. The number of hydrogen-bond donors (Lipinski definition) is 2. The normalized spacial score (nSPS) is 13.1. The van der Waals surface area contributed by atoms with E-state index in [1.54, 1.807) is 18.2 Å². The van der Waals surface area contributed by atoms with Crippen molar-refractivity contribution in [2.24, 2.45) is 5.41 Å². The summed E-state index contributed by atoms with van der Waals surface area (Å²) in [6.07, 6.45) is 4.60. The first-order valence-electron chi connectivity index (χ1n) is 9.83. The summed E-state index contributed by atoms with van der Waals surface area (Å²) in [7, 11) is 0. The maximum absolute atomic E-state index is 12.4. The summed E-state index contributed by atoms with van der Waals surface area (Å²) in [6.45, 7) is 12.3. The number of pyridine rings is 1. The monoisotopic (exact) mass is 410 g/mol. The Morgan fingerprint density at radius 1 is 1.03 bits per heavy atom. The second-order valence-corrected chi connectivity index (χ2v) is 9.28. The minimum atomic E-state index is -1.13. The molecule has 1 atom stereocenters. The average molecular weight is 411 g/mol. The highest BCUT2D eigenvalue weighted by atomic mass is 16.5. The van der Waals surface area contributed by atoms with E-state index in [1.807, 2.05) is 45.0 Å². The number of nitrogens with zero attached hydrogens (tertiary/aromatic N) is 1. The Kier molecular flexibility index (Phi) is 7.03. The first kappa shape index (κ1) is 23.1. The number of ether oxygens (including phenoxy) is 1. The van der Waals surface area contributed by atoms with Crippen LogP contribution >= 0.6 is 0 Å². The molecule has 0 aliphatic carbocycles. The van der Waals surface area contributed by atoms with Gasteiger partial charge in [0.05, 0.1) is 5.56 Å². The lowest BCUT2D eigenvalue weighted by Crippen LogP contribution is -2.39. The number of hydrogen-bond acceptors (Lipinski definition) is 4. The highest BCUT2D eigenvalue weighted by molar-refractivity contribution is 5.96. The average Bonchev–Trinajstić information content (AvgIpc) is 2.64. The summed E-state index contributed by atoms with van der Waals surface area (Å²) in [4.78, 5) is 28.0. The fraction of sp³-hybridized carbons (Fsp3) is 0.375. The molecule has 0 saturated heterocycles. The maximum Gasteiger partial charge on any atom is 0.330 e. The van der Waals surface area contributed by atoms with Crippen molar-refractivity contribution in [2.75, 3.05) is 0 Å². The Hall–Kier alpha value is -3.15. The smallest absolute Gasteiger partial charge is 0.330 e. The van der Waals surface area contributed by atoms with Gasteiger partial charge in [0.25, 0.3) is 5.91 Å². The Bertz CT molecular complexity index is 902. The molecular formula is C24H30N2O4. The van der Waals surface area contributed by atoms with Crippen LogP contribution in [0.15, 0.2) is 54.7 Å². The van der Waals surface area contributed by atoms with E-state index in [4.69, 9.17) is 4.74 Å². The standard InChI is InChI=1S/C24H30N2O4/c1-23(2,3)14-13-19(22(28)29)26-21(27)16-7-12-20(25-15-16)30-18-10-8-17(9-11-18)24(4,5)6/h7-15,19H,1-6H3,(H,26,27)(H,28,29)/b14-13+. The molecular weight excluding hydrogens is 380 g/mol. The molecule has 2 N–H and O–H groups in total. The van der Waals surface area contributed by atoms with Gasteiger partial charge in [-0.1, -0.05) is 65.8 Å². The minimum Gasteiger partial charge on any atom is -0.479 e. The molecule has 2 aromatic rings. The number of carboxylic acids is 1. The lowest BCUT2D eigenvalue weighted by Gasteiger charge is -2.19. The minimum absolute atomic E-state index is 0.0572. The number of aromatic nitrogens is 1. The van der Waals surface area contributed by atoms with Crippen LogP contribution in [0.2, 0.25) is 0 Å². The lowest BCUT2D eigenvalue weighted by atomic mass is 9.87. The molecule has 6 heteroatoms. The summed E-state index contributed by atoms with van der Waals surface area (Å²) < 4.78 is 5.73. The largest absolute Gasteiger partial charge is 0.479 e. The molecule has 0 aliphatic heterocycles. The van der Waals surface area contributed by atoms with Crippen LogP contribution in [0.1, 0.15) is 57.5 Å². The number of nitrogens with one attached hydrogen (secondary N) is 1. The lowest BCUT2D eigenvalue weighted by molar-refractivity contribution is -0.137. The third-order valence-corrected chi connectivity index (χ3v) is 4.28. The van der Waals surface area contributed by atoms with Gasteiger partial charge in [0.2, 0.25) is 5.88 Å². The van der Waals surface area contributed by atoms with Crippen LogP contribution in [0.3, 0.4) is 0 Å². The number of amides is 1. The second-order valence-electron chi connectivity index (χ2n) is 9.28. The molecule has 1 unspecified atom stereocenters. The fourth-order valence-electron chi connectivity index (χ4n) is 2.52. The summed E-state index contributed by atoms with van der Waals surface area (Å²) in [6, 6.07) is 9.78. The highest BCUT2D eigenvalue weighted by Crippen LogP contribution is 2.26. The number of allylic oxidation sites excluding steroid dienone is 1. The van der Waals surface area contributed by atoms with E-state index < -0.39 is 17.9 Å². The van der Waals surface area contributed by atoms with E-state index in [-0.39, 0.29) is 16.4 Å². The number of aliphatic carboxylic acids is 1. The molecule has 160 valence electrons. The number of benzene rings is 1. The molecule has 0 radical (unpaired) electrons. The Morgan fingerprint density at radius 3 is 2.13 bits per heavy atom. The zero-order valence-corrected chi connectivity index (χ0v) is 18.4. The number of rotatable bonds is 6. The van der Waals surface area contributed by atoms with Crippen molar-refractivity contribution < 1.29 is 19.4 Å². The van der Waals surface area contributed by atoms with E-state index in [1.165, 1.54) is 17.8 Å². The van der Waals surface area contributed by atoms with E-state index in [9.17, 15) is 14.7 Å². The molecule has 1 aromatic carbocycles. The predicted molar refractivity (Wildman–Crippen MR) is 117 cm³/mol. The van der Waals surface area contributed by atoms with Gasteiger partial charge < -0.3 is 15.2 Å². The van der Waals surface area contributed by atoms with Gasteiger partial charge in [0.15, 0.2) is 0 Å². The van der Waals surface area contributed by atoms with Crippen LogP contribution < -0.4 is 10.1 Å². The second kappa shape index (κ2) is 9.11. The van der Waals surface area contributed by atoms with Crippen molar-refractivity contribution >= 4 is 11.9 Å². The molecule has 0 bridgehead atoms. The third kappa shape index (κ3) is 7.03. The van der Waals surface area contributed by atoms with Crippen LogP contribution in [0, 0.1) is 5.41 Å². The molecule has 0 saturated carbocycles. The van der Waals surface area contributed by atoms with Gasteiger partial charge in [-0.3, -0.25) is 4.79 Å². The van der Waals surface area contributed by atoms with Gasteiger partial charge in [-0.15, -0.1) is 0 Å². The summed E-state index contributed by atoms with van der Waals surface area (Å²) in [5, 5.41) is 11.8. The summed E-state index contributed by atoms with van der Waals surface area (Å²) in [5.41, 5.74) is 1.32. The van der Waals surface area contributed by atoms with E-state index in [0.29, 0.717) is 11.6 Å². The summed E-state index contributed by atoms with van der Waals surface area (Å²) >= 11 is 0. The number of carbonyl (C=O) groups excluding carboxylic acids is 1. The van der Waals surface area contributed by atoms with Gasteiger partial charge >= 0.3 is 5.97 Å². The van der Waals surface area contributed by atoms with Gasteiger partial charge in [0.1, 0.15) is 11.8 Å². The molecule has 0 aliphatic rings. The SMILES string of the molecule is CC(C)(C)/C=C/C(NC(=O)c1ccc(Oc2ccc(C(C)(C)C)cc2)nc1)C(=O)O. The van der Waals surface area contributed by atoms with Gasteiger partial charge in [0, 0.05) is 12.3 Å².